The standard InChI is InChI=1S/C27H41N5O5/c1-2-12-27(26(34)32-13-17-35-18-14-32)24(23-7-4-3-6-21(23)19-29-31-28)37-25(30-27)20-8-10-22(11-9-20)36-16-5-15-33/h2,20,22,24,33H,1,3-19H2/t20?,22?,24-,27-/m0/s1. The number of hydrogen-bond donors (Lipinski definition) is 1. The first-order valence-electron chi connectivity index (χ1n) is 13.8. The zero-order chi connectivity index (χ0) is 26.1. The summed E-state index contributed by atoms with van der Waals surface area (Å²) in [5.41, 5.74) is 10.0. The maximum Gasteiger partial charge on any atom is 0.255 e. The van der Waals surface area contributed by atoms with Crippen molar-refractivity contribution in [1.29, 1.82) is 0 Å². The van der Waals surface area contributed by atoms with E-state index in [2.05, 4.69) is 16.6 Å². The Balaban J connectivity index is 1.64. The van der Waals surface area contributed by atoms with Gasteiger partial charge in [-0.3, -0.25) is 4.79 Å². The molecule has 10 nitrogen and oxygen atoms in total. The van der Waals surface area contributed by atoms with E-state index in [-0.39, 0.29) is 24.5 Å². The highest BCUT2D eigenvalue weighted by Gasteiger charge is 2.55. The lowest BCUT2D eigenvalue weighted by molar-refractivity contribution is -0.143. The summed E-state index contributed by atoms with van der Waals surface area (Å²) in [6, 6.07) is 0. The molecule has 1 saturated heterocycles. The first kappa shape index (κ1) is 27.6. The molecule has 10 heteroatoms. The summed E-state index contributed by atoms with van der Waals surface area (Å²) >= 11 is 0. The molecule has 1 amide bonds. The molecule has 2 fully saturated rings. The minimum Gasteiger partial charge on any atom is -0.470 e. The third kappa shape index (κ3) is 6.37. The van der Waals surface area contributed by atoms with Gasteiger partial charge in [-0.25, -0.2) is 4.99 Å². The first-order valence-corrected chi connectivity index (χ1v) is 13.8. The van der Waals surface area contributed by atoms with E-state index in [0.717, 1.165) is 62.5 Å². The third-order valence-corrected chi connectivity index (χ3v) is 8.06. The second-order valence-electron chi connectivity index (χ2n) is 10.4. The number of aliphatic imine (C=N–C) groups is 1. The highest BCUT2D eigenvalue weighted by Crippen LogP contribution is 2.44. The van der Waals surface area contributed by atoms with Crippen molar-refractivity contribution in [2.45, 2.75) is 82.0 Å². The number of nitrogens with zero attached hydrogens (tertiary/aromatic N) is 5. The summed E-state index contributed by atoms with van der Waals surface area (Å²) < 4.78 is 18.2. The number of carbonyl (C=O) groups is 1. The summed E-state index contributed by atoms with van der Waals surface area (Å²) in [5.74, 6) is 0.774. The van der Waals surface area contributed by atoms with Crippen LogP contribution in [0, 0.1) is 5.92 Å². The maximum atomic E-state index is 14.2. The Labute approximate surface area is 219 Å². The third-order valence-electron chi connectivity index (χ3n) is 8.06. The van der Waals surface area contributed by atoms with E-state index in [4.69, 9.17) is 29.8 Å². The van der Waals surface area contributed by atoms with Crippen LogP contribution in [0.15, 0.2) is 33.9 Å². The lowest BCUT2D eigenvalue weighted by atomic mass is 9.77. The van der Waals surface area contributed by atoms with Gasteiger partial charge >= 0.3 is 0 Å². The fourth-order valence-corrected chi connectivity index (χ4v) is 6.10. The molecule has 0 aromatic heterocycles. The van der Waals surface area contributed by atoms with Gasteiger partial charge in [0.15, 0.2) is 17.5 Å². The van der Waals surface area contributed by atoms with Gasteiger partial charge < -0.3 is 24.2 Å². The molecule has 37 heavy (non-hydrogen) atoms. The normalized spacial score (nSPS) is 30.4. The van der Waals surface area contributed by atoms with E-state index in [1.165, 1.54) is 0 Å². The average Bonchev–Trinajstić information content (AvgIpc) is 3.33. The number of ether oxygens (including phenoxy) is 3. The zero-order valence-electron chi connectivity index (χ0n) is 21.9. The Hall–Kier alpha value is -2.39. The molecule has 1 saturated carbocycles. The molecule has 2 aliphatic carbocycles. The minimum atomic E-state index is -1.10. The van der Waals surface area contributed by atoms with Crippen LogP contribution in [0.25, 0.3) is 10.4 Å². The van der Waals surface area contributed by atoms with E-state index in [0.29, 0.717) is 58.2 Å². The molecule has 1 N–H and O–H groups in total. The van der Waals surface area contributed by atoms with Gasteiger partial charge in [-0.1, -0.05) is 16.8 Å². The van der Waals surface area contributed by atoms with E-state index in [1.807, 2.05) is 4.90 Å². The summed E-state index contributed by atoms with van der Waals surface area (Å²) in [4.78, 5) is 24.2. The lowest BCUT2D eigenvalue weighted by Crippen LogP contribution is -2.56. The first-order chi connectivity index (χ1) is 18.1. The predicted octanol–water partition coefficient (Wildman–Crippen LogP) is 4.10. The van der Waals surface area contributed by atoms with Crippen molar-refractivity contribution < 1.29 is 24.1 Å². The van der Waals surface area contributed by atoms with Crippen molar-refractivity contribution in [2.24, 2.45) is 16.0 Å². The van der Waals surface area contributed by atoms with Crippen molar-refractivity contribution >= 4 is 11.8 Å². The molecule has 0 aromatic rings. The smallest absolute Gasteiger partial charge is 0.255 e. The highest BCUT2D eigenvalue weighted by molar-refractivity contribution is 5.95. The van der Waals surface area contributed by atoms with Crippen molar-refractivity contribution in [3.63, 3.8) is 0 Å². The van der Waals surface area contributed by atoms with Crippen molar-refractivity contribution in [3.05, 3.63) is 34.2 Å². The fraction of sp³-hybridized carbons (Fsp3) is 0.778. The number of rotatable bonds is 11. The molecule has 4 rings (SSSR count). The molecule has 0 spiro atoms. The topological polar surface area (TPSA) is 129 Å². The largest absolute Gasteiger partial charge is 0.470 e. The van der Waals surface area contributed by atoms with Crippen LogP contribution in [0.1, 0.15) is 64.2 Å². The Morgan fingerprint density at radius 1 is 1.27 bits per heavy atom. The van der Waals surface area contributed by atoms with E-state index in [1.54, 1.807) is 6.08 Å². The van der Waals surface area contributed by atoms with Gasteiger partial charge in [0.2, 0.25) is 0 Å². The van der Waals surface area contributed by atoms with Crippen molar-refractivity contribution in [3.8, 4) is 0 Å². The number of azide groups is 1. The second-order valence-corrected chi connectivity index (χ2v) is 10.4. The summed E-state index contributed by atoms with van der Waals surface area (Å²) in [7, 11) is 0. The molecule has 0 unspecified atom stereocenters. The van der Waals surface area contributed by atoms with Gasteiger partial charge in [0, 0.05) is 50.1 Å². The van der Waals surface area contributed by atoms with Crippen molar-refractivity contribution in [2.75, 3.05) is 46.1 Å². The minimum absolute atomic E-state index is 0.0297. The Bertz CT molecular complexity index is 916. The molecular formula is C27H41N5O5. The number of aliphatic hydroxyl groups excluding tert-OH is 1. The molecular weight excluding hydrogens is 474 g/mol. The molecule has 0 bridgehead atoms. The second kappa shape index (κ2) is 13.4. The fourth-order valence-electron chi connectivity index (χ4n) is 6.10. The Morgan fingerprint density at radius 3 is 2.73 bits per heavy atom. The molecule has 4 aliphatic rings. The van der Waals surface area contributed by atoms with Gasteiger partial charge in [-0.05, 0) is 68.9 Å². The van der Waals surface area contributed by atoms with Gasteiger partial charge in [0.25, 0.3) is 5.91 Å². The van der Waals surface area contributed by atoms with Crippen molar-refractivity contribution in [1.82, 2.24) is 4.90 Å². The van der Waals surface area contributed by atoms with Crippen LogP contribution in [0.4, 0.5) is 0 Å². The van der Waals surface area contributed by atoms with Gasteiger partial charge in [0.05, 0.1) is 19.3 Å². The number of carbonyl (C=O) groups excluding carboxylic acids is 1. The van der Waals surface area contributed by atoms with Crippen LogP contribution in [0.2, 0.25) is 0 Å². The molecule has 2 atom stereocenters. The van der Waals surface area contributed by atoms with Crippen LogP contribution >= 0.6 is 0 Å². The van der Waals surface area contributed by atoms with Gasteiger partial charge in [0.1, 0.15) is 0 Å². The monoisotopic (exact) mass is 515 g/mol. The molecule has 0 radical (unpaired) electrons. The van der Waals surface area contributed by atoms with Crippen LogP contribution in [0.3, 0.4) is 0 Å². The SMILES string of the molecule is C=CC[C@]1(C(=O)N2CCOCC2)N=C(C2CCC(OCCCO)CC2)O[C@H]1C1=C(CN=[N+]=[N-])CCCC1. The quantitative estimate of drug-likeness (QED) is 0.146. The highest BCUT2D eigenvalue weighted by atomic mass is 16.5. The van der Waals surface area contributed by atoms with E-state index in [9.17, 15) is 4.79 Å². The van der Waals surface area contributed by atoms with Crippen LogP contribution in [-0.4, -0.2) is 85.6 Å². The van der Waals surface area contributed by atoms with Crippen LogP contribution in [0.5, 0.6) is 0 Å². The molecule has 2 aliphatic heterocycles. The van der Waals surface area contributed by atoms with Crippen LogP contribution in [-0.2, 0) is 19.0 Å². The van der Waals surface area contributed by atoms with E-state index < -0.39 is 11.6 Å². The summed E-state index contributed by atoms with van der Waals surface area (Å²) in [6.07, 6.45) is 9.76. The Kier molecular flexibility index (Phi) is 10.0. The molecule has 2 heterocycles. The van der Waals surface area contributed by atoms with Crippen LogP contribution < -0.4 is 0 Å². The summed E-state index contributed by atoms with van der Waals surface area (Å²) in [6.45, 7) is 7.11. The van der Waals surface area contributed by atoms with E-state index >= 15 is 0 Å². The zero-order valence-corrected chi connectivity index (χ0v) is 21.9. The number of aliphatic hydroxyl groups is 1. The maximum absolute atomic E-state index is 14.2. The molecule has 0 aromatic carbocycles. The summed E-state index contributed by atoms with van der Waals surface area (Å²) in [5, 5.41) is 12.9. The number of morpholine rings is 1. The molecule has 204 valence electrons. The lowest BCUT2D eigenvalue weighted by Gasteiger charge is -2.38. The number of amides is 1. The van der Waals surface area contributed by atoms with Gasteiger partial charge in [-0.2, -0.15) is 0 Å². The Morgan fingerprint density at radius 2 is 2.03 bits per heavy atom. The van der Waals surface area contributed by atoms with Gasteiger partial charge in [-0.15, -0.1) is 6.58 Å². The predicted molar refractivity (Wildman–Crippen MR) is 140 cm³/mol. The average molecular weight is 516 g/mol. The number of hydrogen-bond acceptors (Lipinski definition) is 7.